The maximum absolute atomic E-state index is 12.6. The summed E-state index contributed by atoms with van der Waals surface area (Å²) in [5.74, 6) is -0.407. The third-order valence-electron chi connectivity index (χ3n) is 1.59. The first-order valence-electron chi connectivity index (χ1n) is 3.65. The van der Waals surface area contributed by atoms with E-state index in [2.05, 4.69) is 0 Å². The zero-order valence-electron chi connectivity index (χ0n) is 6.55. The first kappa shape index (κ1) is 8.54. The van der Waals surface area contributed by atoms with Crippen LogP contribution in [0.3, 0.4) is 0 Å². The fourth-order valence-electron chi connectivity index (χ4n) is 0.949. The van der Waals surface area contributed by atoms with E-state index in [0.29, 0.717) is 12.8 Å². The second kappa shape index (κ2) is 3.72. The lowest BCUT2D eigenvalue weighted by Gasteiger charge is -1.99. The highest BCUT2D eigenvalue weighted by atomic mass is 19.1. The van der Waals surface area contributed by atoms with Gasteiger partial charge in [0, 0.05) is 6.42 Å². The molecule has 1 aromatic carbocycles. The molecule has 0 saturated carbocycles. The molecule has 0 atom stereocenters. The summed E-state index contributed by atoms with van der Waals surface area (Å²) in [6.45, 7) is 0. The van der Waals surface area contributed by atoms with E-state index in [9.17, 15) is 4.39 Å². The van der Waals surface area contributed by atoms with E-state index < -0.39 is 5.82 Å². The quantitative estimate of drug-likeness (QED) is 0.678. The van der Waals surface area contributed by atoms with Crippen molar-refractivity contribution in [2.75, 3.05) is 5.73 Å². The van der Waals surface area contributed by atoms with Gasteiger partial charge < -0.3 is 5.73 Å². The lowest BCUT2D eigenvalue weighted by molar-refractivity contribution is 0.631. The van der Waals surface area contributed by atoms with Crippen LogP contribution in [0.4, 0.5) is 10.1 Å². The van der Waals surface area contributed by atoms with Crippen molar-refractivity contribution in [2.45, 2.75) is 12.8 Å². The van der Waals surface area contributed by atoms with Crippen LogP contribution >= 0.6 is 0 Å². The Kier molecular flexibility index (Phi) is 2.65. The van der Waals surface area contributed by atoms with E-state index in [1.807, 2.05) is 6.07 Å². The molecule has 1 aromatic rings. The molecule has 0 fully saturated rings. The number of nitrogens with zero attached hydrogens (tertiary/aromatic N) is 1. The molecule has 0 amide bonds. The molecule has 0 heterocycles. The predicted octanol–water partition coefficient (Wildman–Crippen LogP) is 1.86. The Morgan fingerprint density at radius 1 is 1.50 bits per heavy atom. The summed E-state index contributed by atoms with van der Waals surface area (Å²) in [6.07, 6.45) is 1.06. The van der Waals surface area contributed by atoms with E-state index in [4.69, 9.17) is 11.0 Å². The number of nitrogen functional groups attached to an aromatic ring is 1. The third kappa shape index (κ3) is 1.96. The first-order chi connectivity index (χ1) is 5.74. The van der Waals surface area contributed by atoms with Gasteiger partial charge in [0.05, 0.1) is 11.8 Å². The number of nitrogens with two attached hydrogens (primary N) is 1. The largest absolute Gasteiger partial charge is 0.396 e. The summed E-state index contributed by atoms with van der Waals surface area (Å²) in [5, 5.41) is 8.30. The Hall–Kier alpha value is -1.56. The Morgan fingerprint density at radius 2 is 2.25 bits per heavy atom. The molecule has 62 valence electrons. The number of benzene rings is 1. The zero-order chi connectivity index (χ0) is 8.97. The first-order valence-corrected chi connectivity index (χ1v) is 3.65. The molecule has 12 heavy (non-hydrogen) atoms. The fourth-order valence-corrected chi connectivity index (χ4v) is 0.949. The molecule has 0 unspecified atom stereocenters. The molecule has 0 saturated heterocycles. The predicted molar refractivity (Wildman–Crippen MR) is 44.7 cm³/mol. The minimum Gasteiger partial charge on any atom is -0.396 e. The van der Waals surface area contributed by atoms with Crippen molar-refractivity contribution in [3.8, 4) is 6.07 Å². The molecule has 2 N–H and O–H groups in total. The SMILES string of the molecule is N#CCCc1ccc(F)c(N)c1. The van der Waals surface area contributed by atoms with Crippen molar-refractivity contribution >= 4 is 5.69 Å². The van der Waals surface area contributed by atoms with Gasteiger partial charge in [-0.15, -0.1) is 0 Å². The number of hydrogen-bond donors (Lipinski definition) is 1. The van der Waals surface area contributed by atoms with Crippen molar-refractivity contribution < 1.29 is 4.39 Å². The number of rotatable bonds is 2. The van der Waals surface area contributed by atoms with Crippen LogP contribution in [-0.4, -0.2) is 0 Å². The van der Waals surface area contributed by atoms with E-state index in [0.717, 1.165) is 5.56 Å². The van der Waals surface area contributed by atoms with Crippen molar-refractivity contribution in [1.82, 2.24) is 0 Å². The van der Waals surface area contributed by atoms with Crippen LogP contribution < -0.4 is 5.73 Å². The van der Waals surface area contributed by atoms with Gasteiger partial charge in [0.1, 0.15) is 5.82 Å². The zero-order valence-corrected chi connectivity index (χ0v) is 6.55. The van der Waals surface area contributed by atoms with E-state index in [1.54, 1.807) is 12.1 Å². The molecular formula is C9H9FN2. The van der Waals surface area contributed by atoms with Gasteiger partial charge in [-0.3, -0.25) is 0 Å². The summed E-state index contributed by atoms with van der Waals surface area (Å²) in [4.78, 5) is 0. The lowest BCUT2D eigenvalue weighted by Crippen LogP contribution is -1.92. The van der Waals surface area contributed by atoms with E-state index in [1.165, 1.54) is 6.07 Å². The van der Waals surface area contributed by atoms with Gasteiger partial charge in [-0.05, 0) is 24.1 Å². The van der Waals surface area contributed by atoms with Gasteiger partial charge in [0.2, 0.25) is 0 Å². The molecule has 0 radical (unpaired) electrons. The maximum atomic E-state index is 12.6. The average molecular weight is 164 g/mol. The normalized spacial score (nSPS) is 9.33. The lowest BCUT2D eigenvalue weighted by atomic mass is 10.1. The van der Waals surface area contributed by atoms with Crippen molar-refractivity contribution in [3.63, 3.8) is 0 Å². The molecular weight excluding hydrogens is 155 g/mol. The fraction of sp³-hybridized carbons (Fsp3) is 0.222. The van der Waals surface area contributed by atoms with Gasteiger partial charge in [-0.2, -0.15) is 5.26 Å². The Balaban J connectivity index is 2.77. The highest BCUT2D eigenvalue weighted by Crippen LogP contribution is 2.13. The standard InChI is InChI=1S/C9H9FN2/c10-8-4-3-7(2-1-5-11)6-9(8)12/h3-4,6H,1-2,12H2. The summed E-state index contributed by atoms with van der Waals surface area (Å²) in [5.41, 5.74) is 6.38. The number of nitriles is 1. The summed E-state index contributed by atoms with van der Waals surface area (Å²) < 4.78 is 12.6. The van der Waals surface area contributed by atoms with Crippen LogP contribution in [0.5, 0.6) is 0 Å². The van der Waals surface area contributed by atoms with Gasteiger partial charge in [0.25, 0.3) is 0 Å². The molecule has 0 aliphatic carbocycles. The van der Waals surface area contributed by atoms with Crippen molar-refractivity contribution in [2.24, 2.45) is 0 Å². The highest BCUT2D eigenvalue weighted by Gasteiger charge is 1.98. The Morgan fingerprint density at radius 3 is 2.83 bits per heavy atom. The topological polar surface area (TPSA) is 49.8 Å². The maximum Gasteiger partial charge on any atom is 0.146 e. The summed E-state index contributed by atoms with van der Waals surface area (Å²) in [7, 11) is 0. The van der Waals surface area contributed by atoms with Gasteiger partial charge in [-0.25, -0.2) is 4.39 Å². The third-order valence-corrected chi connectivity index (χ3v) is 1.59. The Bertz CT molecular complexity index is 315. The van der Waals surface area contributed by atoms with Crippen LogP contribution in [-0.2, 0) is 6.42 Å². The Labute approximate surface area is 70.4 Å². The van der Waals surface area contributed by atoms with Crippen molar-refractivity contribution in [1.29, 1.82) is 5.26 Å². The van der Waals surface area contributed by atoms with Gasteiger partial charge in [-0.1, -0.05) is 6.07 Å². The smallest absolute Gasteiger partial charge is 0.146 e. The second-order valence-electron chi connectivity index (χ2n) is 2.51. The number of halogens is 1. The second-order valence-corrected chi connectivity index (χ2v) is 2.51. The molecule has 1 rings (SSSR count). The number of hydrogen-bond acceptors (Lipinski definition) is 2. The number of aryl methyl sites for hydroxylation is 1. The van der Waals surface area contributed by atoms with Gasteiger partial charge >= 0.3 is 0 Å². The molecule has 0 spiro atoms. The van der Waals surface area contributed by atoms with Crippen LogP contribution in [0.15, 0.2) is 18.2 Å². The molecule has 0 aliphatic heterocycles. The minimum absolute atomic E-state index is 0.144. The van der Waals surface area contributed by atoms with Crippen LogP contribution in [0.2, 0.25) is 0 Å². The van der Waals surface area contributed by atoms with E-state index in [-0.39, 0.29) is 5.69 Å². The van der Waals surface area contributed by atoms with Crippen molar-refractivity contribution in [3.05, 3.63) is 29.6 Å². The molecule has 0 aliphatic rings. The molecule has 0 bridgehead atoms. The van der Waals surface area contributed by atoms with Crippen LogP contribution in [0.25, 0.3) is 0 Å². The average Bonchev–Trinajstić information content (AvgIpc) is 2.07. The monoisotopic (exact) mass is 164 g/mol. The highest BCUT2D eigenvalue weighted by molar-refractivity contribution is 5.42. The molecule has 0 aromatic heterocycles. The van der Waals surface area contributed by atoms with Gasteiger partial charge in [0.15, 0.2) is 0 Å². The molecule has 3 heteroatoms. The van der Waals surface area contributed by atoms with Crippen LogP contribution in [0.1, 0.15) is 12.0 Å². The summed E-state index contributed by atoms with van der Waals surface area (Å²) >= 11 is 0. The molecule has 2 nitrogen and oxygen atoms in total. The van der Waals surface area contributed by atoms with E-state index >= 15 is 0 Å². The van der Waals surface area contributed by atoms with Crippen LogP contribution in [0, 0.1) is 17.1 Å². The number of anilines is 1. The summed E-state index contributed by atoms with van der Waals surface area (Å²) in [6, 6.07) is 6.54. The minimum atomic E-state index is -0.407.